The smallest absolute Gasteiger partial charge is 0.194 e. The Morgan fingerprint density at radius 1 is 1.40 bits per heavy atom. The molecule has 2 rings (SSSR count). The number of likely N-dealkylation sites (tertiary alicyclic amines) is 1. The molecule has 3 N–H and O–H groups in total. The second-order valence-electron chi connectivity index (χ2n) is 4.52. The van der Waals surface area contributed by atoms with E-state index in [1.54, 1.807) is 0 Å². The highest BCUT2D eigenvalue weighted by atomic mass is 15.5. The fourth-order valence-corrected chi connectivity index (χ4v) is 2.04. The summed E-state index contributed by atoms with van der Waals surface area (Å²) in [4.78, 5) is 2.42. The minimum absolute atomic E-state index is 0.390. The minimum atomic E-state index is -0.390. The van der Waals surface area contributed by atoms with Gasteiger partial charge in [0, 0.05) is 19.1 Å². The van der Waals surface area contributed by atoms with Gasteiger partial charge in [0.05, 0.1) is 5.54 Å². The van der Waals surface area contributed by atoms with E-state index in [0.717, 1.165) is 25.9 Å². The Balaban J connectivity index is 2.03. The molecular formula is C9H18N6. The van der Waals surface area contributed by atoms with Crippen LogP contribution in [0.3, 0.4) is 0 Å². The fourth-order valence-electron chi connectivity index (χ4n) is 2.04. The number of hydrogen-bond donors (Lipinski definition) is 2. The Labute approximate surface area is 89.2 Å². The van der Waals surface area contributed by atoms with Crippen molar-refractivity contribution < 1.29 is 0 Å². The number of hydrogen-bond acceptors (Lipinski definition) is 5. The Morgan fingerprint density at radius 3 is 2.53 bits per heavy atom. The molecule has 0 aliphatic carbocycles. The SMILES string of the molecule is CC(C)N1CCC(N)(c2nn[nH]n2)CC1. The lowest BCUT2D eigenvalue weighted by molar-refractivity contribution is 0.127. The van der Waals surface area contributed by atoms with Crippen LogP contribution in [0, 0.1) is 0 Å². The van der Waals surface area contributed by atoms with Crippen molar-refractivity contribution in [2.75, 3.05) is 13.1 Å². The van der Waals surface area contributed by atoms with Crippen LogP contribution in [0.1, 0.15) is 32.5 Å². The van der Waals surface area contributed by atoms with E-state index in [-0.39, 0.29) is 0 Å². The number of H-pyrrole nitrogens is 1. The van der Waals surface area contributed by atoms with Crippen molar-refractivity contribution in [1.82, 2.24) is 25.5 Å². The molecule has 1 fully saturated rings. The topological polar surface area (TPSA) is 83.7 Å². The normalized spacial score (nSPS) is 22.1. The number of piperidine rings is 1. The van der Waals surface area contributed by atoms with Crippen molar-refractivity contribution in [3.05, 3.63) is 5.82 Å². The summed E-state index contributed by atoms with van der Waals surface area (Å²) in [6, 6.07) is 0.583. The van der Waals surface area contributed by atoms with Crippen LogP contribution in [-0.4, -0.2) is 44.7 Å². The first-order chi connectivity index (χ1) is 7.12. The molecule has 1 saturated heterocycles. The number of nitrogens with two attached hydrogens (primary N) is 1. The molecule has 15 heavy (non-hydrogen) atoms. The third kappa shape index (κ3) is 2.00. The first kappa shape index (κ1) is 10.5. The quantitative estimate of drug-likeness (QED) is 0.709. The largest absolute Gasteiger partial charge is 0.319 e. The van der Waals surface area contributed by atoms with Crippen LogP contribution in [-0.2, 0) is 5.54 Å². The van der Waals surface area contributed by atoms with Crippen LogP contribution in [0.25, 0.3) is 0 Å². The molecule has 0 bridgehead atoms. The number of nitrogens with zero attached hydrogens (tertiary/aromatic N) is 4. The maximum Gasteiger partial charge on any atom is 0.194 e. The molecule has 6 heteroatoms. The number of tetrazole rings is 1. The van der Waals surface area contributed by atoms with Crippen LogP contribution in [0.15, 0.2) is 0 Å². The second-order valence-corrected chi connectivity index (χ2v) is 4.52. The first-order valence-corrected chi connectivity index (χ1v) is 5.39. The maximum absolute atomic E-state index is 6.28. The summed E-state index contributed by atoms with van der Waals surface area (Å²) in [5.41, 5.74) is 5.89. The number of rotatable bonds is 2. The van der Waals surface area contributed by atoms with Gasteiger partial charge in [0.1, 0.15) is 0 Å². The molecule has 0 unspecified atom stereocenters. The number of nitrogens with one attached hydrogen (secondary N) is 1. The van der Waals surface area contributed by atoms with E-state index >= 15 is 0 Å². The highest BCUT2D eigenvalue weighted by Gasteiger charge is 2.36. The van der Waals surface area contributed by atoms with E-state index in [4.69, 9.17) is 5.73 Å². The van der Waals surface area contributed by atoms with Gasteiger partial charge in [0.15, 0.2) is 5.82 Å². The van der Waals surface area contributed by atoms with Crippen LogP contribution in [0.2, 0.25) is 0 Å². The first-order valence-electron chi connectivity index (χ1n) is 5.39. The molecule has 0 radical (unpaired) electrons. The zero-order chi connectivity index (χ0) is 10.9. The molecule has 1 aromatic heterocycles. The van der Waals surface area contributed by atoms with Gasteiger partial charge in [-0.1, -0.05) is 5.21 Å². The Hall–Kier alpha value is -1.01. The summed E-state index contributed by atoms with van der Waals surface area (Å²) in [7, 11) is 0. The average Bonchev–Trinajstić information content (AvgIpc) is 2.71. The van der Waals surface area contributed by atoms with Crippen molar-refractivity contribution >= 4 is 0 Å². The lowest BCUT2D eigenvalue weighted by Gasteiger charge is -2.38. The molecule has 0 atom stereocenters. The highest BCUT2D eigenvalue weighted by molar-refractivity contribution is 5.04. The summed E-state index contributed by atoms with van der Waals surface area (Å²) in [5, 5.41) is 14.0. The lowest BCUT2D eigenvalue weighted by atomic mass is 9.87. The van der Waals surface area contributed by atoms with Crippen LogP contribution in [0.4, 0.5) is 0 Å². The Bertz CT molecular complexity index is 298. The van der Waals surface area contributed by atoms with Crippen LogP contribution < -0.4 is 5.73 Å². The molecule has 2 heterocycles. The molecular weight excluding hydrogens is 192 g/mol. The molecule has 1 aliphatic rings. The third-order valence-electron chi connectivity index (χ3n) is 3.21. The molecule has 0 saturated carbocycles. The average molecular weight is 210 g/mol. The minimum Gasteiger partial charge on any atom is -0.319 e. The van der Waals surface area contributed by atoms with Gasteiger partial charge in [0.2, 0.25) is 0 Å². The fraction of sp³-hybridized carbons (Fsp3) is 0.889. The molecule has 1 aromatic rings. The van der Waals surface area contributed by atoms with Gasteiger partial charge in [-0.25, -0.2) is 0 Å². The monoisotopic (exact) mass is 210 g/mol. The number of aromatic amines is 1. The van der Waals surface area contributed by atoms with Crippen molar-refractivity contribution in [2.45, 2.75) is 38.3 Å². The lowest BCUT2D eigenvalue weighted by Crippen LogP contribution is -2.50. The van der Waals surface area contributed by atoms with Crippen LogP contribution in [0.5, 0.6) is 0 Å². The van der Waals surface area contributed by atoms with Crippen molar-refractivity contribution in [2.24, 2.45) is 5.73 Å². The molecule has 6 nitrogen and oxygen atoms in total. The standard InChI is InChI=1S/C9H18N6/c1-7(2)15-5-3-9(10,4-6-15)8-11-13-14-12-8/h7H,3-6,10H2,1-2H3,(H,11,12,13,14). The molecule has 0 spiro atoms. The van der Waals surface area contributed by atoms with Gasteiger partial charge >= 0.3 is 0 Å². The molecule has 1 aliphatic heterocycles. The van der Waals surface area contributed by atoms with Crippen molar-refractivity contribution in [1.29, 1.82) is 0 Å². The zero-order valence-electron chi connectivity index (χ0n) is 9.27. The van der Waals surface area contributed by atoms with E-state index in [1.165, 1.54) is 0 Å². The van der Waals surface area contributed by atoms with E-state index in [0.29, 0.717) is 11.9 Å². The predicted octanol–water partition coefficient (Wildman–Crippen LogP) is -0.142. The summed E-state index contributed by atoms with van der Waals surface area (Å²) in [5.74, 6) is 0.644. The summed E-state index contributed by atoms with van der Waals surface area (Å²) >= 11 is 0. The Kier molecular flexibility index (Phi) is 2.70. The molecule has 0 amide bonds. The highest BCUT2D eigenvalue weighted by Crippen LogP contribution is 2.27. The summed E-state index contributed by atoms with van der Waals surface area (Å²) < 4.78 is 0. The predicted molar refractivity (Wildman–Crippen MR) is 56.0 cm³/mol. The van der Waals surface area contributed by atoms with E-state index < -0.39 is 5.54 Å². The van der Waals surface area contributed by atoms with Crippen molar-refractivity contribution in [3.8, 4) is 0 Å². The third-order valence-corrected chi connectivity index (χ3v) is 3.21. The van der Waals surface area contributed by atoms with Gasteiger partial charge in [-0.05, 0) is 26.7 Å². The van der Waals surface area contributed by atoms with Crippen molar-refractivity contribution in [3.63, 3.8) is 0 Å². The summed E-state index contributed by atoms with van der Waals surface area (Å²) in [6.07, 6.45) is 1.79. The maximum atomic E-state index is 6.28. The molecule has 84 valence electrons. The van der Waals surface area contributed by atoms with Gasteiger partial charge in [0.25, 0.3) is 0 Å². The Morgan fingerprint density at radius 2 is 2.07 bits per heavy atom. The number of aromatic nitrogens is 4. The summed E-state index contributed by atoms with van der Waals surface area (Å²) in [6.45, 7) is 6.42. The zero-order valence-corrected chi connectivity index (χ0v) is 9.27. The van der Waals surface area contributed by atoms with Crippen LogP contribution >= 0.6 is 0 Å². The van der Waals surface area contributed by atoms with E-state index in [2.05, 4.69) is 39.4 Å². The van der Waals surface area contributed by atoms with Gasteiger partial charge in [-0.15, -0.1) is 10.2 Å². The van der Waals surface area contributed by atoms with E-state index in [9.17, 15) is 0 Å². The molecule has 0 aromatic carbocycles. The van der Waals surface area contributed by atoms with Gasteiger partial charge in [-0.3, -0.25) is 0 Å². The van der Waals surface area contributed by atoms with Gasteiger partial charge in [-0.2, -0.15) is 5.21 Å². The van der Waals surface area contributed by atoms with Gasteiger partial charge < -0.3 is 10.6 Å². The van der Waals surface area contributed by atoms with E-state index in [1.807, 2.05) is 0 Å². The second kappa shape index (κ2) is 3.86.